The highest BCUT2D eigenvalue weighted by Crippen LogP contribution is 2.49. The number of aryl methyl sites for hydroxylation is 1. The molecule has 206 valence electrons. The molecule has 1 aromatic heterocycles. The SMILES string of the molecule is CCCCC(F)(F)C1([C@H](OC(C)(C)C)C(=O)O)C=CC(c2cnc(C)cc2N2CCC(C)(C)CC2)N=C1. The van der Waals surface area contributed by atoms with Crippen molar-refractivity contribution in [1.29, 1.82) is 0 Å². The predicted molar refractivity (Wildman–Crippen MR) is 144 cm³/mol. The molecule has 1 aromatic rings. The Labute approximate surface area is 220 Å². The second-order valence-corrected chi connectivity index (χ2v) is 12.3. The minimum Gasteiger partial charge on any atom is -0.479 e. The summed E-state index contributed by atoms with van der Waals surface area (Å²) in [5.41, 5.74) is -0.161. The Balaban J connectivity index is 2.02. The Morgan fingerprint density at radius 1 is 1.27 bits per heavy atom. The summed E-state index contributed by atoms with van der Waals surface area (Å²) >= 11 is 0. The Morgan fingerprint density at radius 2 is 1.92 bits per heavy atom. The normalized spacial score (nSPS) is 24.8. The number of piperidine rings is 1. The molecular formula is C29H43F2N3O3. The monoisotopic (exact) mass is 519 g/mol. The van der Waals surface area contributed by atoms with Gasteiger partial charge in [0.25, 0.3) is 5.92 Å². The lowest BCUT2D eigenvalue weighted by atomic mass is 9.72. The lowest BCUT2D eigenvalue weighted by Gasteiger charge is -2.43. The topological polar surface area (TPSA) is 75.0 Å². The average molecular weight is 520 g/mol. The van der Waals surface area contributed by atoms with Gasteiger partial charge < -0.3 is 14.7 Å². The molecule has 2 aliphatic rings. The molecule has 1 saturated heterocycles. The molecule has 0 bridgehead atoms. The van der Waals surface area contributed by atoms with E-state index in [2.05, 4.69) is 28.7 Å². The van der Waals surface area contributed by atoms with Gasteiger partial charge in [-0.1, -0.05) is 39.3 Å². The molecular weight excluding hydrogens is 476 g/mol. The number of aliphatic carboxylic acids is 1. The number of carboxylic acid groups (broad SMARTS) is 1. The number of nitrogens with zero attached hydrogens (tertiary/aromatic N) is 3. The summed E-state index contributed by atoms with van der Waals surface area (Å²) in [5, 5.41) is 10.0. The third kappa shape index (κ3) is 6.57. The van der Waals surface area contributed by atoms with Gasteiger partial charge in [-0.2, -0.15) is 0 Å². The molecule has 6 nitrogen and oxygen atoms in total. The fourth-order valence-electron chi connectivity index (χ4n) is 5.03. The number of aromatic nitrogens is 1. The van der Waals surface area contributed by atoms with Crippen LogP contribution in [0.5, 0.6) is 0 Å². The van der Waals surface area contributed by atoms with Crippen LogP contribution in [-0.4, -0.2) is 53.0 Å². The fourth-order valence-corrected chi connectivity index (χ4v) is 5.03. The van der Waals surface area contributed by atoms with E-state index in [0.717, 1.165) is 49.1 Å². The first kappa shape index (κ1) is 29.2. The van der Waals surface area contributed by atoms with Crippen LogP contribution >= 0.6 is 0 Å². The number of unbranched alkanes of at least 4 members (excludes halogenated alkanes) is 1. The molecule has 0 amide bonds. The number of pyridine rings is 1. The van der Waals surface area contributed by atoms with Gasteiger partial charge >= 0.3 is 5.97 Å². The molecule has 0 aromatic carbocycles. The summed E-state index contributed by atoms with van der Waals surface area (Å²) < 4.78 is 37.5. The van der Waals surface area contributed by atoms with Crippen LogP contribution in [0.25, 0.3) is 0 Å². The van der Waals surface area contributed by atoms with Crippen LogP contribution < -0.4 is 4.90 Å². The first-order chi connectivity index (χ1) is 17.1. The summed E-state index contributed by atoms with van der Waals surface area (Å²) in [6, 6.07) is 1.48. The van der Waals surface area contributed by atoms with E-state index in [0.29, 0.717) is 6.42 Å². The van der Waals surface area contributed by atoms with Crippen LogP contribution in [0.2, 0.25) is 0 Å². The Hall–Kier alpha value is -2.35. The third-order valence-corrected chi connectivity index (χ3v) is 7.44. The van der Waals surface area contributed by atoms with Gasteiger partial charge in [-0.3, -0.25) is 9.98 Å². The van der Waals surface area contributed by atoms with Crippen molar-refractivity contribution in [3.05, 3.63) is 35.7 Å². The second kappa shape index (κ2) is 10.8. The maximum Gasteiger partial charge on any atom is 0.334 e. The molecule has 3 rings (SSSR count). The molecule has 0 saturated carbocycles. The number of aliphatic imine (C=N–C) groups is 1. The van der Waals surface area contributed by atoms with Crippen molar-refractivity contribution in [2.75, 3.05) is 18.0 Å². The summed E-state index contributed by atoms with van der Waals surface area (Å²) in [4.78, 5) is 23.7. The molecule has 1 N–H and O–H groups in total. The number of rotatable bonds is 9. The largest absolute Gasteiger partial charge is 0.479 e. The number of halogens is 2. The molecule has 0 radical (unpaired) electrons. The fraction of sp³-hybridized carbons (Fsp3) is 0.690. The van der Waals surface area contributed by atoms with Gasteiger partial charge in [-0.05, 0) is 58.4 Å². The van der Waals surface area contributed by atoms with Crippen molar-refractivity contribution in [2.45, 2.75) is 104 Å². The molecule has 37 heavy (non-hydrogen) atoms. The highest BCUT2D eigenvalue weighted by Gasteiger charge is 2.60. The van der Waals surface area contributed by atoms with E-state index in [1.54, 1.807) is 33.0 Å². The number of hydrogen-bond acceptors (Lipinski definition) is 5. The maximum atomic E-state index is 15.9. The zero-order valence-corrected chi connectivity index (χ0v) is 23.4. The summed E-state index contributed by atoms with van der Waals surface area (Å²) in [5.74, 6) is -4.80. The van der Waals surface area contributed by atoms with Gasteiger partial charge in [0.2, 0.25) is 0 Å². The zero-order valence-electron chi connectivity index (χ0n) is 23.4. The quantitative estimate of drug-likeness (QED) is 0.364. The van der Waals surface area contributed by atoms with Gasteiger partial charge in [-0.25, -0.2) is 13.6 Å². The van der Waals surface area contributed by atoms with Crippen molar-refractivity contribution in [3.8, 4) is 0 Å². The minimum atomic E-state index is -3.37. The average Bonchev–Trinajstić information content (AvgIpc) is 2.80. The summed E-state index contributed by atoms with van der Waals surface area (Å²) in [6.07, 6.45) is 6.52. The van der Waals surface area contributed by atoms with Crippen LogP contribution in [0.1, 0.15) is 90.9 Å². The number of ether oxygens (including phenoxy) is 1. The van der Waals surface area contributed by atoms with Crippen molar-refractivity contribution < 1.29 is 23.4 Å². The number of anilines is 1. The van der Waals surface area contributed by atoms with Gasteiger partial charge in [0.1, 0.15) is 5.41 Å². The summed E-state index contributed by atoms with van der Waals surface area (Å²) in [7, 11) is 0. The number of dihydropyridines is 1. The minimum absolute atomic E-state index is 0.263. The Bertz CT molecular complexity index is 1010. The van der Waals surface area contributed by atoms with Gasteiger partial charge in [0.05, 0.1) is 11.6 Å². The number of carbonyl (C=O) groups is 1. The van der Waals surface area contributed by atoms with Gasteiger partial charge in [-0.15, -0.1) is 0 Å². The highest BCUT2D eigenvalue weighted by molar-refractivity contribution is 5.85. The molecule has 0 spiro atoms. The predicted octanol–water partition coefficient (Wildman–Crippen LogP) is 6.78. The van der Waals surface area contributed by atoms with E-state index in [9.17, 15) is 9.90 Å². The van der Waals surface area contributed by atoms with Crippen molar-refractivity contribution in [2.24, 2.45) is 15.8 Å². The molecule has 3 heterocycles. The van der Waals surface area contributed by atoms with E-state index in [-0.39, 0.29) is 11.8 Å². The smallest absolute Gasteiger partial charge is 0.334 e. The van der Waals surface area contributed by atoms with E-state index >= 15 is 8.78 Å². The van der Waals surface area contributed by atoms with Crippen LogP contribution in [-0.2, 0) is 9.53 Å². The molecule has 2 unspecified atom stereocenters. The molecule has 2 aliphatic heterocycles. The maximum absolute atomic E-state index is 15.9. The van der Waals surface area contributed by atoms with Crippen molar-refractivity contribution in [3.63, 3.8) is 0 Å². The zero-order chi connectivity index (χ0) is 27.6. The lowest BCUT2D eigenvalue weighted by Crippen LogP contribution is -2.56. The second-order valence-electron chi connectivity index (χ2n) is 12.3. The van der Waals surface area contributed by atoms with Crippen molar-refractivity contribution >= 4 is 17.9 Å². The van der Waals surface area contributed by atoms with Crippen molar-refractivity contribution in [1.82, 2.24) is 4.98 Å². The van der Waals surface area contributed by atoms with Gasteiger partial charge in [0, 0.05) is 48.9 Å². The first-order valence-corrected chi connectivity index (χ1v) is 13.3. The lowest BCUT2D eigenvalue weighted by molar-refractivity contribution is -0.192. The molecule has 3 atom stereocenters. The van der Waals surface area contributed by atoms with E-state index in [1.807, 2.05) is 19.9 Å². The van der Waals surface area contributed by atoms with E-state index < -0.39 is 41.5 Å². The number of hydrogen-bond donors (Lipinski definition) is 1. The number of alkyl halides is 2. The van der Waals surface area contributed by atoms with E-state index in [1.165, 1.54) is 6.08 Å². The standard InChI is InChI=1S/C29H43F2N3O3/c1-8-9-11-29(30,31)28(24(25(35)36)37-26(3,4)5)12-10-22(33-19-28)21-18-32-20(2)17-23(21)34-15-13-27(6,7)14-16-34/h10,12,17-19,22,24H,8-9,11,13-16H2,1-7H3,(H,35,36)/t22?,24-,28?/m1/s1. The number of carboxylic acids is 1. The molecule has 1 fully saturated rings. The summed E-state index contributed by atoms with van der Waals surface area (Å²) in [6.45, 7) is 15.1. The van der Waals surface area contributed by atoms with E-state index in [4.69, 9.17) is 4.74 Å². The van der Waals surface area contributed by atoms with Gasteiger partial charge in [0.15, 0.2) is 6.10 Å². The Morgan fingerprint density at radius 3 is 2.43 bits per heavy atom. The molecule has 8 heteroatoms. The highest BCUT2D eigenvalue weighted by atomic mass is 19.3. The third-order valence-electron chi connectivity index (χ3n) is 7.44. The first-order valence-electron chi connectivity index (χ1n) is 13.3. The van der Waals surface area contributed by atoms with Crippen LogP contribution in [0.15, 0.2) is 29.4 Å². The molecule has 0 aliphatic carbocycles. The van der Waals surface area contributed by atoms with Crippen LogP contribution in [0.3, 0.4) is 0 Å². The van der Waals surface area contributed by atoms with Crippen LogP contribution in [0, 0.1) is 17.8 Å². The Kier molecular flexibility index (Phi) is 8.52. The van der Waals surface area contributed by atoms with Crippen LogP contribution in [0.4, 0.5) is 14.5 Å².